The summed E-state index contributed by atoms with van der Waals surface area (Å²) in [4.78, 5) is 5.14. The standard InChI is InChI=1S/C11H13ClNO/c1-11(2,3)14-13-8-9-5-4-6-10(12)7-9/h4-7H,1-3H3. The SMILES string of the molecule is CC(C)(C)O/N=[C]/c1cccc(Cl)c1. The van der Waals surface area contributed by atoms with Crippen LogP contribution >= 0.6 is 11.6 Å². The van der Waals surface area contributed by atoms with Gasteiger partial charge in [0.15, 0.2) is 0 Å². The zero-order chi connectivity index (χ0) is 10.6. The predicted octanol–water partition coefficient (Wildman–Crippen LogP) is 3.37. The molecule has 0 saturated carbocycles. The molecule has 0 unspecified atom stereocenters. The zero-order valence-electron chi connectivity index (χ0n) is 8.54. The Kier molecular flexibility index (Phi) is 3.53. The van der Waals surface area contributed by atoms with E-state index in [0.29, 0.717) is 5.02 Å². The lowest BCUT2D eigenvalue weighted by molar-refractivity contribution is 0.00199. The molecule has 1 radical (unpaired) electrons. The van der Waals surface area contributed by atoms with E-state index in [2.05, 4.69) is 11.4 Å². The molecular formula is C11H13ClNO. The fourth-order valence-electron chi connectivity index (χ4n) is 0.770. The van der Waals surface area contributed by atoms with Gasteiger partial charge in [-0.05, 0) is 32.9 Å². The lowest BCUT2D eigenvalue weighted by atomic mass is 10.2. The predicted molar refractivity (Wildman–Crippen MR) is 58.8 cm³/mol. The highest BCUT2D eigenvalue weighted by molar-refractivity contribution is 6.30. The summed E-state index contributed by atoms with van der Waals surface area (Å²) in [5, 5.41) is 4.41. The second-order valence-electron chi connectivity index (χ2n) is 3.92. The van der Waals surface area contributed by atoms with E-state index >= 15 is 0 Å². The second-order valence-corrected chi connectivity index (χ2v) is 4.35. The largest absolute Gasteiger partial charge is 0.390 e. The fourth-order valence-corrected chi connectivity index (χ4v) is 0.961. The van der Waals surface area contributed by atoms with Crippen molar-refractivity contribution in [2.75, 3.05) is 0 Å². The van der Waals surface area contributed by atoms with Crippen LogP contribution in [0.4, 0.5) is 0 Å². The van der Waals surface area contributed by atoms with Gasteiger partial charge in [0, 0.05) is 10.6 Å². The van der Waals surface area contributed by atoms with Crippen molar-refractivity contribution >= 4 is 17.8 Å². The Balaban J connectivity index is 2.61. The normalized spacial score (nSPS) is 12.0. The third-order valence-electron chi connectivity index (χ3n) is 1.32. The van der Waals surface area contributed by atoms with Gasteiger partial charge in [-0.25, -0.2) is 0 Å². The number of benzene rings is 1. The van der Waals surface area contributed by atoms with Gasteiger partial charge in [-0.2, -0.15) is 0 Å². The van der Waals surface area contributed by atoms with Crippen LogP contribution in [0.1, 0.15) is 26.3 Å². The summed E-state index contributed by atoms with van der Waals surface area (Å²) in [6.45, 7) is 5.78. The molecule has 0 fully saturated rings. The molecular weight excluding hydrogens is 198 g/mol. The number of rotatable bonds is 2. The van der Waals surface area contributed by atoms with Crippen LogP contribution in [0.2, 0.25) is 5.02 Å². The molecule has 14 heavy (non-hydrogen) atoms. The van der Waals surface area contributed by atoms with Crippen LogP contribution < -0.4 is 0 Å². The van der Waals surface area contributed by atoms with Gasteiger partial charge in [-0.3, -0.25) is 0 Å². The molecule has 0 bridgehead atoms. The Hall–Kier alpha value is -1.02. The van der Waals surface area contributed by atoms with E-state index in [4.69, 9.17) is 16.4 Å². The van der Waals surface area contributed by atoms with Crippen molar-refractivity contribution in [1.82, 2.24) is 0 Å². The summed E-state index contributed by atoms with van der Waals surface area (Å²) < 4.78 is 0. The average Bonchev–Trinajstić information content (AvgIpc) is 2.01. The monoisotopic (exact) mass is 210 g/mol. The molecule has 0 aromatic heterocycles. The molecule has 0 aliphatic carbocycles. The minimum Gasteiger partial charge on any atom is -0.390 e. The van der Waals surface area contributed by atoms with Crippen molar-refractivity contribution < 1.29 is 4.84 Å². The zero-order valence-corrected chi connectivity index (χ0v) is 9.30. The quantitative estimate of drug-likeness (QED) is 0.542. The minimum absolute atomic E-state index is 0.286. The number of hydrogen-bond acceptors (Lipinski definition) is 2. The highest BCUT2D eigenvalue weighted by Crippen LogP contribution is 2.10. The summed E-state index contributed by atoms with van der Waals surface area (Å²) in [7, 11) is 0. The molecule has 0 aliphatic rings. The summed E-state index contributed by atoms with van der Waals surface area (Å²) in [6.07, 6.45) is 2.76. The van der Waals surface area contributed by atoms with E-state index in [1.54, 1.807) is 12.1 Å². The van der Waals surface area contributed by atoms with Gasteiger partial charge in [-0.1, -0.05) is 28.9 Å². The molecule has 0 saturated heterocycles. The van der Waals surface area contributed by atoms with Crippen LogP contribution in [0, 0.1) is 0 Å². The number of halogens is 1. The van der Waals surface area contributed by atoms with E-state index in [1.807, 2.05) is 32.9 Å². The maximum atomic E-state index is 5.79. The Morgan fingerprint density at radius 2 is 2.07 bits per heavy atom. The van der Waals surface area contributed by atoms with Crippen molar-refractivity contribution in [3.8, 4) is 0 Å². The summed E-state index contributed by atoms with van der Waals surface area (Å²) >= 11 is 5.79. The Bertz CT molecular complexity index is 328. The summed E-state index contributed by atoms with van der Waals surface area (Å²) in [5.41, 5.74) is 0.521. The average molecular weight is 211 g/mol. The first-order valence-electron chi connectivity index (χ1n) is 4.37. The van der Waals surface area contributed by atoms with Crippen LogP contribution in [0.3, 0.4) is 0 Å². The molecule has 1 aromatic carbocycles. The van der Waals surface area contributed by atoms with Crippen LogP contribution in [0.15, 0.2) is 29.4 Å². The number of nitrogens with zero attached hydrogens (tertiary/aromatic N) is 1. The van der Waals surface area contributed by atoms with E-state index in [0.717, 1.165) is 5.56 Å². The molecule has 75 valence electrons. The van der Waals surface area contributed by atoms with Crippen LogP contribution in [-0.2, 0) is 4.84 Å². The Morgan fingerprint density at radius 3 is 2.64 bits per heavy atom. The van der Waals surface area contributed by atoms with Crippen molar-refractivity contribution in [3.05, 3.63) is 34.9 Å². The molecule has 0 amide bonds. The van der Waals surface area contributed by atoms with Crippen LogP contribution in [0.25, 0.3) is 0 Å². The van der Waals surface area contributed by atoms with Crippen molar-refractivity contribution in [1.29, 1.82) is 0 Å². The lowest BCUT2D eigenvalue weighted by Crippen LogP contribution is -2.15. The molecule has 0 N–H and O–H groups in total. The maximum Gasteiger partial charge on any atom is 0.139 e. The van der Waals surface area contributed by atoms with Crippen molar-refractivity contribution in [2.45, 2.75) is 26.4 Å². The van der Waals surface area contributed by atoms with E-state index in [1.165, 1.54) is 0 Å². The van der Waals surface area contributed by atoms with E-state index in [9.17, 15) is 0 Å². The topological polar surface area (TPSA) is 21.6 Å². The van der Waals surface area contributed by atoms with Gasteiger partial charge >= 0.3 is 0 Å². The highest BCUT2D eigenvalue weighted by Gasteiger charge is 2.09. The van der Waals surface area contributed by atoms with Crippen molar-refractivity contribution in [2.24, 2.45) is 5.16 Å². The molecule has 1 rings (SSSR count). The summed E-state index contributed by atoms with van der Waals surface area (Å²) in [5.74, 6) is 0. The molecule has 0 spiro atoms. The molecule has 1 aromatic rings. The van der Waals surface area contributed by atoms with Crippen LogP contribution in [-0.4, -0.2) is 11.8 Å². The number of hydrogen-bond donors (Lipinski definition) is 0. The third-order valence-corrected chi connectivity index (χ3v) is 1.55. The Labute approximate surface area is 89.5 Å². The second kappa shape index (κ2) is 4.47. The molecule has 0 atom stereocenters. The highest BCUT2D eigenvalue weighted by atomic mass is 35.5. The first-order valence-corrected chi connectivity index (χ1v) is 4.75. The van der Waals surface area contributed by atoms with Gasteiger partial charge < -0.3 is 4.84 Å². The summed E-state index contributed by atoms with van der Waals surface area (Å²) in [6, 6.07) is 7.28. The van der Waals surface area contributed by atoms with E-state index in [-0.39, 0.29) is 5.60 Å². The van der Waals surface area contributed by atoms with E-state index < -0.39 is 0 Å². The van der Waals surface area contributed by atoms with Gasteiger partial charge in [-0.15, -0.1) is 0 Å². The van der Waals surface area contributed by atoms with Gasteiger partial charge in [0.1, 0.15) is 11.8 Å². The maximum absolute atomic E-state index is 5.79. The minimum atomic E-state index is -0.286. The molecule has 3 heteroatoms. The van der Waals surface area contributed by atoms with Gasteiger partial charge in [0.25, 0.3) is 0 Å². The van der Waals surface area contributed by atoms with Crippen LogP contribution in [0.5, 0.6) is 0 Å². The van der Waals surface area contributed by atoms with Gasteiger partial charge in [0.05, 0.1) is 0 Å². The smallest absolute Gasteiger partial charge is 0.139 e. The Morgan fingerprint density at radius 1 is 1.36 bits per heavy atom. The first kappa shape index (κ1) is 11.1. The first-order chi connectivity index (χ1) is 6.47. The fraction of sp³-hybridized carbons (Fsp3) is 0.364. The molecule has 2 nitrogen and oxygen atoms in total. The molecule has 0 aliphatic heterocycles. The third kappa shape index (κ3) is 4.28. The van der Waals surface area contributed by atoms with Gasteiger partial charge in [0.2, 0.25) is 0 Å². The molecule has 0 heterocycles. The van der Waals surface area contributed by atoms with Crippen molar-refractivity contribution in [3.63, 3.8) is 0 Å². The lowest BCUT2D eigenvalue weighted by Gasteiger charge is -2.14.